The lowest BCUT2D eigenvalue weighted by atomic mass is 10.1. The molecule has 0 radical (unpaired) electrons. The summed E-state index contributed by atoms with van der Waals surface area (Å²) in [4.78, 5) is 31.2. The molecule has 1 N–H and O–H groups in total. The van der Waals surface area contributed by atoms with E-state index in [1.165, 1.54) is 16.4 Å². The van der Waals surface area contributed by atoms with Crippen LogP contribution in [0.5, 0.6) is 5.75 Å². The zero-order valence-electron chi connectivity index (χ0n) is 19.7. The van der Waals surface area contributed by atoms with E-state index in [0.29, 0.717) is 33.7 Å². The molecule has 0 aromatic heterocycles. The molecule has 0 spiro atoms. The predicted octanol–water partition coefficient (Wildman–Crippen LogP) is 4.39. The van der Waals surface area contributed by atoms with Crippen LogP contribution in [0.25, 0.3) is 17.1 Å². The second-order valence-corrected chi connectivity index (χ2v) is 9.81. The molecule has 2 aromatic rings. The van der Waals surface area contributed by atoms with Gasteiger partial charge in [-0.1, -0.05) is 48.5 Å². The summed E-state index contributed by atoms with van der Waals surface area (Å²) in [6.07, 6.45) is 3.87. The largest absolute Gasteiger partial charge is 0.495 e. The van der Waals surface area contributed by atoms with E-state index >= 15 is 0 Å². The highest BCUT2D eigenvalue weighted by molar-refractivity contribution is 8.00. The molecule has 0 bridgehead atoms. The van der Waals surface area contributed by atoms with Crippen LogP contribution in [0.1, 0.15) is 31.9 Å². The van der Waals surface area contributed by atoms with E-state index in [2.05, 4.69) is 15.0 Å². The molecular formula is C26H27N5O3S. The van der Waals surface area contributed by atoms with Crippen molar-refractivity contribution in [3.05, 3.63) is 70.6 Å². The summed E-state index contributed by atoms with van der Waals surface area (Å²) in [5.41, 5.74) is 2.72. The highest BCUT2D eigenvalue weighted by Gasteiger charge is 2.28. The first kappa shape index (κ1) is 23.2. The van der Waals surface area contributed by atoms with Gasteiger partial charge in [-0.25, -0.2) is 4.98 Å². The summed E-state index contributed by atoms with van der Waals surface area (Å²) < 4.78 is 8.90. The third-order valence-corrected chi connectivity index (χ3v) is 7.27. The molecule has 0 saturated carbocycles. The van der Waals surface area contributed by atoms with Crippen LogP contribution >= 0.6 is 11.8 Å². The van der Waals surface area contributed by atoms with E-state index in [9.17, 15) is 9.59 Å². The Labute approximate surface area is 207 Å². The SMILES string of the molecule is COc1ccccc1NC(=O)C(C)Sc1nc2nn(-c3ccccc3)c(=O)c-2c2n1CCCCC2. The van der Waals surface area contributed by atoms with Gasteiger partial charge in [0, 0.05) is 12.2 Å². The van der Waals surface area contributed by atoms with E-state index in [-0.39, 0.29) is 11.5 Å². The molecule has 3 heterocycles. The number of carbonyl (C=O) groups excluding carboxylic acids is 1. The normalized spacial score (nSPS) is 14.2. The Bertz CT molecular complexity index is 1380. The molecule has 9 heteroatoms. The topological polar surface area (TPSA) is 91.0 Å². The maximum absolute atomic E-state index is 13.4. The van der Waals surface area contributed by atoms with Crippen LogP contribution in [0, 0.1) is 0 Å². The van der Waals surface area contributed by atoms with E-state index in [0.717, 1.165) is 37.9 Å². The first-order valence-corrected chi connectivity index (χ1v) is 12.6. The standard InChI is InChI=1S/C26H27N5O3S/c1-17(24(32)27-19-13-8-9-15-21(19)34-2)35-26-28-23-22(20-14-7-4-10-16-30(20)26)25(33)31(29-23)18-11-5-3-6-12-18/h3,5-6,8-9,11-13,15,17H,4,7,10,14,16H2,1-2H3,(H,27,32). The lowest BCUT2D eigenvalue weighted by molar-refractivity contribution is -0.115. The Balaban J connectivity index is 1.51. The minimum absolute atomic E-state index is 0.149. The van der Waals surface area contributed by atoms with Crippen molar-refractivity contribution >= 4 is 23.4 Å². The van der Waals surface area contributed by atoms with Crippen molar-refractivity contribution in [3.63, 3.8) is 0 Å². The minimum atomic E-state index is -0.423. The van der Waals surface area contributed by atoms with Gasteiger partial charge in [0.25, 0.3) is 5.56 Å². The quantitative estimate of drug-likeness (QED) is 0.319. The number of rotatable bonds is 6. The number of nitrogens with zero attached hydrogens (tertiary/aromatic N) is 4. The number of fused-ring (bicyclic) bond motifs is 3. The molecule has 3 aliphatic heterocycles. The molecular weight excluding hydrogens is 462 g/mol. The maximum atomic E-state index is 13.4. The van der Waals surface area contributed by atoms with Crippen LogP contribution in [-0.4, -0.2) is 37.6 Å². The molecule has 35 heavy (non-hydrogen) atoms. The van der Waals surface area contributed by atoms with Gasteiger partial charge in [0.1, 0.15) is 11.3 Å². The van der Waals surface area contributed by atoms with Crippen LogP contribution in [0.3, 0.4) is 0 Å². The van der Waals surface area contributed by atoms with Crippen molar-refractivity contribution in [2.24, 2.45) is 0 Å². The first-order valence-electron chi connectivity index (χ1n) is 11.7. The Morgan fingerprint density at radius 1 is 1.09 bits per heavy atom. The van der Waals surface area contributed by atoms with Crippen LogP contribution in [0.15, 0.2) is 64.5 Å². The highest BCUT2D eigenvalue weighted by Crippen LogP contribution is 2.33. The zero-order chi connectivity index (χ0) is 24.4. The summed E-state index contributed by atoms with van der Waals surface area (Å²) in [7, 11) is 1.58. The number of ether oxygens (including phenoxy) is 1. The van der Waals surface area contributed by atoms with Gasteiger partial charge in [-0.2, -0.15) is 4.68 Å². The van der Waals surface area contributed by atoms with Gasteiger partial charge in [0.15, 0.2) is 11.0 Å². The fraction of sp³-hybridized carbons (Fsp3) is 0.308. The number of methoxy groups -OCH3 is 1. The Morgan fingerprint density at radius 3 is 2.66 bits per heavy atom. The van der Waals surface area contributed by atoms with Gasteiger partial charge in [-0.3, -0.25) is 9.59 Å². The van der Waals surface area contributed by atoms with Gasteiger partial charge in [0.2, 0.25) is 5.91 Å². The Kier molecular flexibility index (Phi) is 6.59. The van der Waals surface area contributed by atoms with Crippen molar-refractivity contribution in [1.29, 1.82) is 0 Å². The Hall–Kier alpha value is -3.59. The number of anilines is 1. The van der Waals surface area contributed by atoms with Crippen molar-refractivity contribution < 1.29 is 9.53 Å². The lowest BCUT2D eigenvalue weighted by Crippen LogP contribution is -2.24. The number of thioether (sulfide) groups is 1. The minimum Gasteiger partial charge on any atom is -0.495 e. The molecule has 180 valence electrons. The number of nitrogens with one attached hydrogen (secondary N) is 1. The van der Waals surface area contributed by atoms with Crippen molar-refractivity contribution in [2.45, 2.75) is 49.6 Å². The number of amides is 1. The number of benzene rings is 2. The number of para-hydroxylation sites is 3. The average Bonchev–Trinajstić information content (AvgIpc) is 3.04. The zero-order valence-corrected chi connectivity index (χ0v) is 20.5. The number of hydrogen-bond acceptors (Lipinski definition) is 6. The average molecular weight is 490 g/mol. The molecule has 8 nitrogen and oxygen atoms in total. The molecule has 0 aliphatic carbocycles. The second-order valence-electron chi connectivity index (χ2n) is 8.50. The van der Waals surface area contributed by atoms with E-state index in [4.69, 9.17) is 9.72 Å². The summed E-state index contributed by atoms with van der Waals surface area (Å²) >= 11 is 1.38. The third-order valence-electron chi connectivity index (χ3n) is 6.18. The lowest BCUT2D eigenvalue weighted by Gasteiger charge is -2.20. The van der Waals surface area contributed by atoms with Crippen LogP contribution in [-0.2, 0) is 17.8 Å². The summed E-state index contributed by atoms with van der Waals surface area (Å²) in [5, 5.41) is 7.81. The van der Waals surface area contributed by atoms with Crippen LogP contribution < -0.4 is 15.6 Å². The molecule has 1 atom stereocenters. The second kappa shape index (κ2) is 9.95. The monoisotopic (exact) mass is 489 g/mol. The first-order chi connectivity index (χ1) is 17.1. The molecule has 2 aromatic carbocycles. The van der Waals surface area contributed by atoms with Crippen molar-refractivity contribution in [1.82, 2.24) is 19.3 Å². The van der Waals surface area contributed by atoms with Gasteiger partial charge >= 0.3 is 0 Å². The van der Waals surface area contributed by atoms with Crippen LogP contribution in [0.2, 0.25) is 0 Å². The smallest absolute Gasteiger partial charge is 0.284 e. The molecule has 0 fully saturated rings. The predicted molar refractivity (Wildman–Crippen MR) is 137 cm³/mol. The van der Waals surface area contributed by atoms with Gasteiger partial charge in [0.05, 0.1) is 23.7 Å². The molecule has 0 saturated heterocycles. The van der Waals surface area contributed by atoms with Gasteiger partial charge in [-0.05, 0) is 50.5 Å². The summed E-state index contributed by atoms with van der Waals surface area (Å²) in [5.74, 6) is 0.880. The number of carbonyl (C=O) groups is 1. The highest BCUT2D eigenvalue weighted by atomic mass is 32.2. The molecule has 1 unspecified atom stereocenters. The molecule has 5 rings (SSSR count). The fourth-order valence-corrected chi connectivity index (χ4v) is 5.33. The van der Waals surface area contributed by atoms with Gasteiger partial charge in [-0.15, -0.1) is 5.10 Å². The van der Waals surface area contributed by atoms with Crippen LogP contribution in [0.4, 0.5) is 5.69 Å². The van der Waals surface area contributed by atoms with E-state index in [1.54, 1.807) is 7.11 Å². The maximum Gasteiger partial charge on any atom is 0.284 e. The summed E-state index contributed by atoms with van der Waals surface area (Å²) in [6, 6.07) is 16.7. The molecule has 3 aliphatic rings. The fourth-order valence-electron chi connectivity index (χ4n) is 4.38. The Morgan fingerprint density at radius 2 is 1.86 bits per heavy atom. The van der Waals surface area contributed by atoms with E-state index in [1.807, 2.05) is 61.5 Å². The third kappa shape index (κ3) is 4.55. The van der Waals surface area contributed by atoms with Crippen molar-refractivity contribution in [2.75, 3.05) is 12.4 Å². The van der Waals surface area contributed by atoms with Crippen molar-refractivity contribution in [3.8, 4) is 22.8 Å². The van der Waals surface area contributed by atoms with Gasteiger partial charge < -0.3 is 14.6 Å². The number of hydrogen-bond donors (Lipinski definition) is 1. The molecule has 1 amide bonds. The van der Waals surface area contributed by atoms with E-state index < -0.39 is 5.25 Å². The number of aromatic nitrogens is 4. The summed E-state index contributed by atoms with van der Waals surface area (Å²) in [6.45, 7) is 2.62.